The van der Waals surface area contributed by atoms with E-state index in [0.29, 0.717) is 17.1 Å². The minimum absolute atomic E-state index is 0. The van der Waals surface area contributed by atoms with Gasteiger partial charge in [0, 0.05) is 66.4 Å². The number of carbonyl (C=O) groups excluding carboxylic acids is 1. The van der Waals surface area contributed by atoms with Gasteiger partial charge in [-0.2, -0.15) is 0 Å². The molecule has 0 aliphatic carbocycles. The van der Waals surface area contributed by atoms with Crippen molar-refractivity contribution < 1.29 is 58.6 Å². The van der Waals surface area contributed by atoms with Crippen LogP contribution in [0.5, 0.6) is 0 Å². The summed E-state index contributed by atoms with van der Waals surface area (Å²) in [5.74, 6) is -0.0806. The number of nitrogens with two attached hydrogens (primary N) is 1. The second-order valence-corrected chi connectivity index (χ2v) is 4.72. The van der Waals surface area contributed by atoms with Crippen LogP contribution in [0.4, 0.5) is 5.69 Å². The van der Waals surface area contributed by atoms with E-state index in [0.717, 1.165) is 22.3 Å². The van der Waals surface area contributed by atoms with Crippen molar-refractivity contribution in [3.05, 3.63) is 46.6 Å². The molecule has 0 aliphatic heterocycles. The van der Waals surface area contributed by atoms with Crippen molar-refractivity contribution in [1.82, 2.24) is 4.98 Å². The molecule has 2 rings (SSSR count). The van der Waals surface area contributed by atoms with Crippen LogP contribution in [0.2, 0.25) is 0 Å². The van der Waals surface area contributed by atoms with Crippen molar-refractivity contribution >= 4 is 11.5 Å². The molecule has 0 aliphatic rings. The Morgan fingerprint density at radius 3 is 2.48 bits per heavy atom. The number of carbonyl (C=O) groups is 1. The van der Waals surface area contributed by atoms with E-state index < -0.39 is 0 Å². The summed E-state index contributed by atoms with van der Waals surface area (Å²) in [4.78, 5) is 16.0. The van der Waals surface area contributed by atoms with Crippen molar-refractivity contribution in [3.8, 4) is 11.3 Å². The molecule has 2 N–H and O–H groups in total. The SMILES string of the molecule is CC(=O)c1nc(-c2[c-]c(C)[c-]cc2C)cc(N)c1C.[W].[Y]. The minimum Gasteiger partial charge on any atom is -0.400 e. The van der Waals surface area contributed by atoms with Crippen LogP contribution in [-0.4, -0.2) is 10.8 Å². The number of nitrogen functional groups attached to an aromatic ring is 1. The van der Waals surface area contributed by atoms with Crippen LogP contribution in [-0.2, 0) is 53.8 Å². The number of benzene rings is 1. The fourth-order valence-corrected chi connectivity index (χ4v) is 1.98. The Hall–Kier alpha value is -0.368. The Morgan fingerprint density at radius 2 is 1.90 bits per heavy atom. The first-order valence-corrected chi connectivity index (χ1v) is 6.09. The largest absolute Gasteiger partial charge is 0.400 e. The van der Waals surface area contributed by atoms with E-state index in [1.54, 1.807) is 6.07 Å². The van der Waals surface area contributed by atoms with Gasteiger partial charge in [0.15, 0.2) is 5.78 Å². The molecule has 0 unspecified atom stereocenters. The number of ketones is 1. The molecule has 21 heavy (non-hydrogen) atoms. The normalized spacial score (nSPS) is 9.52. The summed E-state index contributed by atoms with van der Waals surface area (Å²) in [6.07, 6.45) is 0. The summed E-state index contributed by atoms with van der Waals surface area (Å²) in [6, 6.07) is 10.00. The van der Waals surface area contributed by atoms with Gasteiger partial charge in [-0.15, -0.1) is 6.92 Å². The summed E-state index contributed by atoms with van der Waals surface area (Å²) >= 11 is 0. The number of hydrogen-bond acceptors (Lipinski definition) is 3. The molecule has 0 bridgehead atoms. The summed E-state index contributed by atoms with van der Waals surface area (Å²) in [6.45, 7) is 7.20. The van der Waals surface area contributed by atoms with Gasteiger partial charge in [0.05, 0.1) is 5.69 Å². The third-order valence-corrected chi connectivity index (χ3v) is 3.11. The van der Waals surface area contributed by atoms with E-state index in [2.05, 4.69) is 17.1 Å². The van der Waals surface area contributed by atoms with Crippen LogP contribution in [0.15, 0.2) is 12.1 Å². The average Bonchev–Trinajstić information content (AvgIpc) is 2.35. The second kappa shape index (κ2) is 8.31. The van der Waals surface area contributed by atoms with Gasteiger partial charge in [0.2, 0.25) is 0 Å². The first-order chi connectivity index (χ1) is 8.90. The summed E-state index contributed by atoms with van der Waals surface area (Å²) in [5, 5.41) is 0. The molecule has 0 fully saturated rings. The van der Waals surface area contributed by atoms with Crippen molar-refractivity contribution in [2.24, 2.45) is 0 Å². The van der Waals surface area contributed by atoms with Crippen LogP contribution in [0.1, 0.15) is 34.1 Å². The maximum Gasteiger partial charge on any atom is 0.176 e. The monoisotopic (exact) mass is 525 g/mol. The maximum absolute atomic E-state index is 11.6. The Bertz CT molecular complexity index is 672. The Kier molecular flexibility index (Phi) is 8.17. The molecule has 5 heteroatoms. The van der Waals surface area contributed by atoms with E-state index in [1.165, 1.54) is 6.92 Å². The molecule has 2 aromatic rings. The minimum atomic E-state index is -0.0806. The number of nitrogens with zero attached hydrogens (tertiary/aromatic N) is 1. The average molecular weight is 525 g/mol. The number of pyridine rings is 1. The van der Waals surface area contributed by atoms with Crippen LogP contribution in [0.3, 0.4) is 0 Å². The Morgan fingerprint density at radius 1 is 1.29 bits per heavy atom. The first kappa shape index (κ1) is 20.6. The van der Waals surface area contributed by atoms with E-state index in [1.807, 2.05) is 26.8 Å². The fraction of sp³-hybridized carbons (Fsp3) is 0.250. The molecular weight excluding hydrogens is 509 g/mol. The van der Waals surface area contributed by atoms with Crippen LogP contribution in [0, 0.1) is 32.9 Å². The van der Waals surface area contributed by atoms with Gasteiger partial charge in [-0.05, 0) is 12.5 Å². The van der Waals surface area contributed by atoms with Gasteiger partial charge in [-0.3, -0.25) is 22.5 Å². The molecule has 0 atom stereocenters. The van der Waals surface area contributed by atoms with E-state index in [9.17, 15) is 4.79 Å². The first-order valence-electron chi connectivity index (χ1n) is 6.09. The van der Waals surface area contributed by atoms with Crippen molar-refractivity contribution in [2.75, 3.05) is 5.73 Å². The van der Waals surface area contributed by atoms with Crippen molar-refractivity contribution in [2.45, 2.75) is 27.7 Å². The Balaban J connectivity index is 0.00000200. The summed E-state index contributed by atoms with van der Waals surface area (Å²) in [5.41, 5.74) is 11.2. The maximum atomic E-state index is 11.6. The molecule has 0 amide bonds. The number of hydrogen-bond donors (Lipinski definition) is 1. The molecule has 0 saturated heterocycles. The molecule has 1 radical (unpaired) electrons. The Labute approximate surface area is 165 Å². The number of anilines is 1. The fourth-order valence-electron chi connectivity index (χ4n) is 1.98. The smallest absolute Gasteiger partial charge is 0.176 e. The van der Waals surface area contributed by atoms with Gasteiger partial charge < -0.3 is 10.7 Å². The third kappa shape index (κ3) is 4.55. The summed E-state index contributed by atoms with van der Waals surface area (Å²) < 4.78 is 0. The third-order valence-electron chi connectivity index (χ3n) is 3.11. The van der Waals surface area contributed by atoms with Gasteiger partial charge in [0.1, 0.15) is 0 Å². The van der Waals surface area contributed by atoms with Gasteiger partial charge >= 0.3 is 0 Å². The topological polar surface area (TPSA) is 56.0 Å². The predicted molar refractivity (Wildman–Crippen MR) is 76.0 cm³/mol. The standard InChI is InChI=1S/C16H16N2O.W.Y/c1-9-5-6-10(2)13(7-9)15-8-14(17)11(3)16(18-15)12(4)19;;/h6,8H,1-4H3,(H2,17,18);;/q-2;;. The molecule has 1 aromatic carbocycles. The predicted octanol–water partition coefficient (Wildman–Crippen LogP) is 3.05. The molecule has 107 valence electrons. The number of Topliss-reactive ketones (excluding diaryl/α,β-unsaturated/α-hetero) is 1. The second-order valence-electron chi connectivity index (χ2n) is 4.72. The van der Waals surface area contributed by atoms with E-state index >= 15 is 0 Å². The molecule has 0 saturated carbocycles. The zero-order valence-electron chi connectivity index (χ0n) is 12.6. The van der Waals surface area contributed by atoms with E-state index in [4.69, 9.17) is 5.73 Å². The van der Waals surface area contributed by atoms with Crippen LogP contribution < -0.4 is 5.73 Å². The number of rotatable bonds is 2. The van der Waals surface area contributed by atoms with Crippen molar-refractivity contribution in [1.29, 1.82) is 0 Å². The quantitative estimate of drug-likeness (QED) is 0.485. The van der Waals surface area contributed by atoms with Crippen molar-refractivity contribution in [3.63, 3.8) is 0 Å². The van der Waals surface area contributed by atoms with Crippen LogP contribution >= 0.6 is 0 Å². The molecule has 1 heterocycles. The summed E-state index contributed by atoms with van der Waals surface area (Å²) in [7, 11) is 0. The molecule has 1 aromatic heterocycles. The van der Waals surface area contributed by atoms with Gasteiger partial charge in [0.25, 0.3) is 0 Å². The van der Waals surface area contributed by atoms with Gasteiger partial charge in [-0.1, -0.05) is 18.7 Å². The van der Waals surface area contributed by atoms with E-state index in [-0.39, 0.29) is 59.6 Å². The van der Waals surface area contributed by atoms with Crippen LogP contribution in [0.25, 0.3) is 11.3 Å². The zero-order valence-corrected chi connectivity index (χ0v) is 18.3. The van der Waals surface area contributed by atoms with Gasteiger partial charge in [-0.25, -0.2) is 17.2 Å². The molecule has 0 spiro atoms. The zero-order chi connectivity index (χ0) is 14.2. The molecule has 3 nitrogen and oxygen atoms in total. The number of aryl methyl sites for hydroxylation is 2. The molecular formula is C16H16N2OWY-2. The number of aromatic nitrogens is 1.